The summed E-state index contributed by atoms with van der Waals surface area (Å²) in [5.74, 6) is -0.320. The van der Waals surface area contributed by atoms with E-state index in [-0.39, 0.29) is 11.0 Å². The summed E-state index contributed by atoms with van der Waals surface area (Å²) in [4.78, 5) is 4.18. The van der Waals surface area contributed by atoms with Crippen LogP contribution < -0.4 is 0 Å². The van der Waals surface area contributed by atoms with E-state index in [9.17, 15) is 4.39 Å². The van der Waals surface area contributed by atoms with Crippen molar-refractivity contribution in [3.8, 4) is 11.1 Å². The fraction of sp³-hybridized carbons (Fsp3) is 0. The fourth-order valence-corrected chi connectivity index (χ4v) is 2.40. The average molecular weight is 282 g/mol. The molecule has 0 bridgehead atoms. The van der Waals surface area contributed by atoms with Crippen LogP contribution in [0, 0.1) is 5.82 Å². The molecule has 0 amide bonds. The maximum Gasteiger partial charge on any atom is 0.158 e. The third-order valence-electron chi connectivity index (χ3n) is 2.57. The second kappa shape index (κ2) is 4.23. The minimum absolute atomic E-state index is 0.264. The first-order chi connectivity index (χ1) is 8.66. The summed E-state index contributed by atoms with van der Waals surface area (Å²) in [5.41, 5.74) is 1.79. The maximum atomic E-state index is 12.9. The van der Waals surface area contributed by atoms with Gasteiger partial charge in [0.05, 0.1) is 11.8 Å². The molecule has 0 fully saturated rings. The van der Waals surface area contributed by atoms with Gasteiger partial charge in [-0.05, 0) is 17.7 Å². The van der Waals surface area contributed by atoms with Gasteiger partial charge >= 0.3 is 0 Å². The molecule has 0 spiro atoms. The van der Waals surface area contributed by atoms with E-state index in [4.69, 9.17) is 23.2 Å². The maximum absolute atomic E-state index is 12.9. The number of aromatic nitrogens is 3. The predicted molar refractivity (Wildman–Crippen MR) is 68.4 cm³/mol. The fourth-order valence-electron chi connectivity index (χ4n) is 1.73. The minimum atomic E-state index is -0.320. The molecular weight excluding hydrogens is 276 g/mol. The zero-order chi connectivity index (χ0) is 12.7. The molecule has 0 aliphatic rings. The highest BCUT2D eigenvalue weighted by atomic mass is 35.5. The standard InChI is InChI=1S/C12H6Cl2FN3/c13-11-10(7-1-3-8(15)4-2-7)12(14)18-9(17-11)5-6-16-18/h1-6H. The molecule has 0 unspecified atom stereocenters. The summed E-state index contributed by atoms with van der Waals surface area (Å²) in [7, 11) is 0. The van der Waals surface area contributed by atoms with Crippen LogP contribution in [0.3, 0.4) is 0 Å². The molecule has 0 saturated heterocycles. The van der Waals surface area contributed by atoms with E-state index in [1.807, 2.05) is 0 Å². The minimum Gasteiger partial charge on any atom is -0.216 e. The van der Waals surface area contributed by atoms with Gasteiger partial charge in [-0.25, -0.2) is 13.9 Å². The molecular formula is C12H6Cl2FN3. The number of halogens is 3. The molecule has 2 aromatic heterocycles. The van der Waals surface area contributed by atoms with Crippen LogP contribution in [-0.4, -0.2) is 14.6 Å². The van der Waals surface area contributed by atoms with E-state index in [0.29, 0.717) is 21.9 Å². The van der Waals surface area contributed by atoms with Gasteiger partial charge in [0.15, 0.2) is 5.65 Å². The average Bonchev–Trinajstić information content (AvgIpc) is 2.80. The predicted octanol–water partition coefficient (Wildman–Crippen LogP) is 3.84. The van der Waals surface area contributed by atoms with Gasteiger partial charge in [-0.3, -0.25) is 0 Å². The van der Waals surface area contributed by atoms with Gasteiger partial charge in [0.2, 0.25) is 0 Å². The first kappa shape index (κ1) is 11.4. The van der Waals surface area contributed by atoms with Crippen molar-refractivity contribution in [3.63, 3.8) is 0 Å². The lowest BCUT2D eigenvalue weighted by atomic mass is 10.1. The Morgan fingerprint density at radius 3 is 2.50 bits per heavy atom. The largest absolute Gasteiger partial charge is 0.216 e. The normalized spacial score (nSPS) is 11.1. The van der Waals surface area contributed by atoms with Crippen molar-refractivity contribution < 1.29 is 4.39 Å². The highest BCUT2D eigenvalue weighted by Crippen LogP contribution is 2.33. The Hall–Kier alpha value is -1.65. The van der Waals surface area contributed by atoms with E-state index < -0.39 is 0 Å². The molecule has 3 aromatic rings. The van der Waals surface area contributed by atoms with Crippen LogP contribution >= 0.6 is 23.2 Å². The van der Waals surface area contributed by atoms with E-state index in [0.717, 1.165) is 0 Å². The zero-order valence-electron chi connectivity index (χ0n) is 8.94. The molecule has 3 nitrogen and oxygen atoms in total. The number of rotatable bonds is 1. The summed E-state index contributed by atoms with van der Waals surface area (Å²) in [6.45, 7) is 0. The van der Waals surface area contributed by atoms with Gasteiger partial charge in [-0.2, -0.15) is 5.10 Å². The van der Waals surface area contributed by atoms with Crippen molar-refractivity contribution in [2.45, 2.75) is 0 Å². The van der Waals surface area contributed by atoms with Gasteiger partial charge in [0.25, 0.3) is 0 Å². The number of hydrogen-bond donors (Lipinski definition) is 0. The van der Waals surface area contributed by atoms with Crippen molar-refractivity contribution in [1.29, 1.82) is 0 Å². The zero-order valence-corrected chi connectivity index (χ0v) is 10.5. The lowest BCUT2D eigenvalue weighted by molar-refractivity contribution is 0.628. The van der Waals surface area contributed by atoms with E-state index in [1.54, 1.807) is 24.4 Å². The molecule has 0 N–H and O–H groups in total. The summed E-state index contributed by atoms with van der Waals surface area (Å²) >= 11 is 12.4. The monoisotopic (exact) mass is 281 g/mol. The van der Waals surface area contributed by atoms with Crippen molar-refractivity contribution in [3.05, 3.63) is 52.7 Å². The van der Waals surface area contributed by atoms with Gasteiger partial charge in [0, 0.05) is 6.07 Å². The molecule has 1 aromatic carbocycles. The molecule has 18 heavy (non-hydrogen) atoms. The second-order valence-corrected chi connectivity index (χ2v) is 4.39. The van der Waals surface area contributed by atoms with Gasteiger partial charge in [-0.1, -0.05) is 35.3 Å². The second-order valence-electron chi connectivity index (χ2n) is 3.68. The van der Waals surface area contributed by atoms with Crippen LogP contribution in [0.5, 0.6) is 0 Å². The summed E-state index contributed by atoms with van der Waals surface area (Å²) < 4.78 is 14.4. The molecule has 2 heterocycles. The van der Waals surface area contributed by atoms with Crippen LogP contribution in [0.4, 0.5) is 4.39 Å². The van der Waals surface area contributed by atoms with Crippen molar-refractivity contribution in [2.75, 3.05) is 0 Å². The summed E-state index contributed by atoms with van der Waals surface area (Å²) in [5, 5.41) is 4.66. The Bertz CT molecular complexity index is 722. The quantitative estimate of drug-likeness (QED) is 0.635. The van der Waals surface area contributed by atoms with Gasteiger partial charge in [-0.15, -0.1) is 0 Å². The third kappa shape index (κ3) is 1.74. The van der Waals surface area contributed by atoms with E-state index >= 15 is 0 Å². The van der Waals surface area contributed by atoms with Crippen molar-refractivity contribution >= 4 is 28.8 Å². The number of benzene rings is 1. The van der Waals surface area contributed by atoms with Crippen LogP contribution in [0.25, 0.3) is 16.8 Å². The Morgan fingerprint density at radius 1 is 1.06 bits per heavy atom. The van der Waals surface area contributed by atoms with Crippen LogP contribution in [0.2, 0.25) is 10.3 Å². The molecule has 0 aliphatic heterocycles. The highest BCUT2D eigenvalue weighted by Gasteiger charge is 2.14. The van der Waals surface area contributed by atoms with Crippen molar-refractivity contribution in [1.82, 2.24) is 14.6 Å². The summed E-state index contributed by atoms with van der Waals surface area (Å²) in [6, 6.07) is 7.58. The van der Waals surface area contributed by atoms with Crippen LogP contribution in [0.15, 0.2) is 36.5 Å². The SMILES string of the molecule is Fc1ccc(-c2c(Cl)nc3ccnn3c2Cl)cc1. The van der Waals surface area contributed by atoms with E-state index in [2.05, 4.69) is 10.1 Å². The first-order valence-corrected chi connectivity index (χ1v) is 5.87. The smallest absolute Gasteiger partial charge is 0.158 e. The van der Waals surface area contributed by atoms with Crippen LogP contribution in [-0.2, 0) is 0 Å². The topological polar surface area (TPSA) is 30.2 Å². The van der Waals surface area contributed by atoms with E-state index in [1.165, 1.54) is 16.6 Å². The van der Waals surface area contributed by atoms with Crippen LogP contribution in [0.1, 0.15) is 0 Å². The lowest BCUT2D eigenvalue weighted by Crippen LogP contribution is -1.96. The number of fused-ring (bicyclic) bond motifs is 1. The Labute approximate surface area is 112 Å². The highest BCUT2D eigenvalue weighted by molar-refractivity contribution is 6.38. The Balaban J connectivity index is 2.30. The molecule has 0 aliphatic carbocycles. The van der Waals surface area contributed by atoms with Crippen molar-refractivity contribution in [2.24, 2.45) is 0 Å². The van der Waals surface area contributed by atoms with Gasteiger partial charge in [0.1, 0.15) is 16.1 Å². The molecule has 3 rings (SSSR count). The molecule has 0 saturated carbocycles. The first-order valence-electron chi connectivity index (χ1n) is 5.11. The lowest BCUT2D eigenvalue weighted by Gasteiger charge is -2.08. The number of hydrogen-bond acceptors (Lipinski definition) is 2. The third-order valence-corrected chi connectivity index (χ3v) is 3.19. The van der Waals surface area contributed by atoms with Gasteiger partial charge < -0.3 is 0 Å². The molecule has 0 atom stereocenters. The molecule has 0 radical (unpaired) electrons. The summed E-state index contributed by atoms with van der Waals surface area (Å²) in [6.07, 6.45) is 1.58. The Morgan fingerprint density at radius 2 is 1.78 bits per heavy atom. The molecule has 90 valence electrons. The number of nitrogens with zero attached hydrogens (tertiary/aromatic N) is 3. The molecule has 6 heteroatoms. The Kier molecular flexibility index (Phi) is 2.69.